The smallest absolute Gasteiger partial charge is 0.289 e. The number of piperidine rings is 1. The van der Waals surface area contributed by atoms with Gasteiger partial charge in [-0.25, -0.2) is 0 Å². The van der Waals surface area contributed by atoms with E-state index in [2.05, 4.69) is 0 Å². The number of benzene rings is 1. The van der Waals surface area contributed by atoms with Gasteiger partial charge in [-0.05, 0) is 37.5 Å². The molecular formula is C17H19NO3. The van der Waals surface area contributed by atoms with Crippen LogP contribution in [0.25, 0.3) is 0 Å². The molecule has 0 aliphatic carbocycles. The topological polar surface area (TPSA) is 42.7 Å². The van der Waals surface area contributed by atoms with E-state index in [1.807, 2.05) is 35.2 Å². The average Bonchev–Trinajstić information content (AvgIpc) is 3.02. The van der Waals surface area contributed by atoms with Crippen molar-refractivity contribution in [2.45, 2.75) is 25.9 Å². The van der Waals surface area contributed by atoms with Crippen molar-refractivity contribution in [3.8, 4) is 5.75 Å². The van der Waals surface area contributed by atoms with Crippen LogP contribution in [0.4, 0.5) is 0 Å². The minimum atomic E-state index is -0.0219. The lowest BCUT2D eigenvalue weighted by Crippen LogP contribution is -2.35. The second kappa shape index (κ2) is 6.48. The van der Waals surface area contributed by atoms with Gasteiger partial charge in [-0.15, -0.1) is 0 Å². The molecule has 4 heteroatoms. The highest BCUT2D eigenvalue weighted by Crippen LogP contribution is 2.19. The molecule has 0 N–H and O–H groups in total. The summed E-state index contributed by atoms with van der Waals surface area (Å²) >= 11 is 0. The van der Waals surface area contributed by atoms with Gasteiger partial charge < -0.3 is 14.1 Å². The third kappa shape index (κ3) is 3.27. The number of rotatable bonds is 4. The molecule has 1 aromatic heterocycles. The van der Waals surface area contributed by atoms with Crippen LogP contribution in [0.15, 0.2) is 47.1 Å². The first-order valence-corrected chi connectivity index (χ1v) is 7.38. The maximum absolute atomic E-state index is 12.5. The molecule has 21 heavy (non-hydrogen) atoms. The summed E-state index contributed by atoms with van der Waals surface area (Å²) in [6.07, 6.45) is 4.90. The van der Waals surface area contributed by atoms with Gasteiger partial charge >= 0.3 is 0 Å². The number of nitrogens with zero attached hydrogens (tertiary/aromatic N) is 1. The summed E-state index contributed by atoms with van der Waals surface area (Å²) in [5.41, 5.74) is 0.800. The Hall–Kier alpha value is -2.23. The standard InChI is InChI=1S/C17H19NO3/c19-17(18-10-5-2-6-11-18)16-14(9-12-20-16)13-21-15-7-3-1-4-8-15/h1,3-4,7-9,12H,2,5-6,10-11,13H2. The molecule has 1 fully saturated rings. The van der Waals surface area contributed by atoms with Crippen LogP contribution in [-0.2, 0) is 6.61 Å². The summed E-state index contributed by atoms with van der Waals surface area (Å²) < 4.78 is 11.1. The van der Waals surface area contributed by atoms with Gasteiger partial charge in [-0.1, -0.05) is 18.2 Å². The van der Waals surface area contributed by atoms with Gasteiger partial charge in [0.1, 0.15) is 12.4 Å². The van der Waals surface area contributed by atoms with Crippen LogP contribution in [0.3, 0.4) is 0 Å². The van der Waals surface area contributed by atoms with Gasteiger partial charge in [0, 0.05) is 18.7 Å². The first kappa shape index (κ1) is 13.7. The Balaban J connectivity index is 1.67. The summed E-state index contributed by atoms with van der Waals surface area (Å²) in [6.45, 7) is 1.98. The minimum Gasteiger partial charge on any atom is -0.489 e. The van der Waals surface area contributed by atoms with Gasteiger partial charge in [0.25, 0.3) is 5.91 Å². The summed E-state index contributed by atoms with van der Waals surface area (Å²) in [5, 5.41) is 0. The molecule has 3 rings (SSSR count). The van der Waals surface area contributed by atoms with Gasteiger partial charge in [-0.3, -0.25) is 4.79 Å². The number of amides is 1. The molecule has 1 amide bonds. The van der Waals surface area contributed by atoms with Crippen LogP contribution >= 0.6 is 0 Å². The minimum absolute atomic E-state index is 0.0219. The van der Waals surface area contributed by atoms with Crippen molar-refractivity contribution in [3.63, 3.8) is 0 Å². The highest BCUT2D eigenvalue weighted by atomic mass is 16.5. The fraction of sp³-hybridized carbons (Fsp3) is 0.353. The van der Waals surface area contributed by atoms with E-state index in [-0.39, 0.29) is 5.91 Å². The van der Waals surface area contributed by atoms with Gasteiger partial charge in [0.2, 0.25) is 0 Å². The summed E-state index contributed by atoms with van der Waals surface area (Å²) in [6, 6.07) is 11.4. The molecule has 2 aromatic rings. The molecule has 0 spiro atoms. The van der Waals surface area contributed by atoms with Crippen LogP contribution in [0, 0.1) is 0 Å². The second-order valence-corrected chi connectivity index (χ2v) is 5.23. The average molecular weight is 285 g/mol. The zero-order valence-corrected chi connectivity index (χ0v) is 12.0. The number of furan rings is 1. The van der Waals surface area contributed by atoms with E-state index in [1.165, 1.54) is 6.42 Å². The van der Waals surface area contributed by atoms with E-state index in [0.717, 1.165) is 37.2 Å². The molecule has 1 saturated heterocycles. The van der Waals surface area contributed by atoms with Crippen molar-refractivity contribution >= 4 is 5.91 Å². The Bertz CT molecular complexity index is 585. The highest BCUT2D eigenvalue weighted by molar-refractivity contribution is 5.93. The molecule has 0 bridgehead atoms. The third-order valence-electron chi connectivity index (χ3n) is 3.72. The number of hydrogen-bond acceptors (Lipinski definition) is 3. The molecule has 0 saturated carbocycles. The Morgan fingerprint density at radius 1 is 1.10 bits per heavy atom. The molecule has 1 aliphatic rings. The van der Waals surface area contributed by atoms with Crippen LogP contribution in [0.2, 0.25) is 0 Å². The van der Waals surface area contributed by atoms with Crippen molar-refractivity contribution in [3.05, 3.63) is 54.0 Å². The SMILES string of the molecule is O=C(c1occc1COc1ccccc1)N1CCCCC1. The van der Waals surface area contributed by atoms with E-state index in [1.54, 1.807) is 12.3 Å². The predicted octanol–water partition coefficient (Wildman–Crippen LogP) is 3.48. The number of likely N-dealkylation sites (tertiary alicyclic amines) is 1. The third-order valence-corrected chi connectivity index (χ3v) is 3.72. The fourth-order valence-electron chi connectivity index (χ4n) is 2.56. The van der Waals surface area contributed by atoms with Crippen LogP contribution < -0.4 is 4.74 Å². The van der Waals surface area contributed by atoms with Crippen molar-refractivity contribution in [2.75, 3.05) is 13.1 Å². The lowest BCUT2D eigenvalue weighted by Gasteiger charge is -2.26. The molecule has 1 aliphatic heterocycles. The number of carbonyl (C=O) groups is 1. The molecule has 0 atom stereocenters. The molecule has 1 aromatic carbocycles. The van der Waals surface area contributed by atoms with E-state index in [0.29, 0.717) is 12.4 Å². The fourth-order valence-corrected chi connectivity index (χ4v) is 2.56. The number of hydrogen-bond donors (Lipinski definition) is 0. The molecule has 4 nitrogen and oxygen atoms in total. The Labute approximate surface area is 124 Å². The van der Waals surface area contributed by atoms with Crippen molar-refractivity contribution in [1.29, 1.82) is 0 Å². The normalized spacial score (nSPS) is 15.0. The first-order valence-electron chi connectivity index (χ1n) is 7.38. The predicted molar refractivity (Wildman–Crippen MR) is 79.2 cm³/mol. The van der Waals surface area contributed by atoms with E-state index >= 15 is 0 Å². The molecule has 2 heterocycles. The van der Waals surface area contributed by atoms with E-state index < -0.39 is 0 Å². The molecule has 0 radical (unpaired) electrons. The molecule has 110 valence electrons. The largest absolute Gasteiger partial charge is 0.489 e. The zero-order valence-electron chi connectivity index (χ0n) is 12.0. The second-order valence-electron chi connectivity index (χ2n) is 5.23. The van der Waals surface area contributed by atoms with Gasteiger partial charge in [0.15, 0.2) is 5.76 Å². The summed E-state index contributed by atoms with van der Waals surface area (Å²) in [7, 11) is 0. The maximum Gasteiger partial charge on any atom is 0.289 e. The monoisotopic (exact) mass is 285 g/mol. The van der Waals surface area contributed by atoms with Crippen molar-refractivity contribution < 1.29 is 13.9 Å². The summed E-state index contributed by atoms with van der Waals surface area (Å²) in [4.78, 5) is 14.3. The Morgan fingerprint density at radius 3 is 2.62 bits per heavy atom. The quantitative estimate of drug-likeness (QED) is 0.863. The summed E-state index contributed by atoms with van der Waals surface area (Å²) in [5.74, 6) is 1.18. The zero-order chi connectivity index (χ0) is 14.5. The molecular weight excluding hydrogens is 266 g/mol. The Kier molecular flexibility index (Phi) is 4.24. The maximum atomic E-state index is 12.5. The number of para-hydroxylation sites is 1. The highest BCUT2D eigenvalue weighted by Gasteiger charge is 2.23. The molecule has 0 unspecified atom stereocenters. The lowest BCUT2D eigenvalue weighted by molar-refractivity contribution is 0.0688. The van der Waals surface area contributed by atoms with E-state index in [9.17, 15) is 4.79 Å². The van der Waals surface area contributed by atoms with Crippen LogP contribution in [-0.4, -0.2) is 23.9 Å². The van der Waals surface area contributed by atoms with Crippen molar-refractivity contribution in [2.24, 2.45) is 0 Å². The number of ether oxygens (including phenoxy) is 1. The number of carbonyl (C=O) groups excluding carboxylic acids is 1. The first-order chi connectivity index (χ1) is 10.3. The van der Waals surface area contributed by atoms with Gasteiger partial charge in [-0.2, -0.15) is 0 Å². The van der Waals surface area contributed by atoms with Crippen molar-refractivity contribution in [1.82, 2.24) is 4.90 Å². The van der Waals surface area contributed by atoms with Gasteiger partial charge in [0.05, 0.1) is 6.26 Å². The van der Waals surface area contributed by atoms with Crippen LogP contribution in [0.5, 0.6) is 5.75 Å². The van der Waals surface area contributed by atoms with Crippen LogP contribution in [0.1, 0.15) is 35.4 Å². The Morgan fingerprint density at radius 2 is 1.86 bits per heavy atom. The van der Waals surface area contributed by atoms with E-state index in [4.69, 9.17) is 9.15 Å². The lowest BCUT2D eigenvalue weighted by atomic mass is 10.1.